The highest BCUT2D eigenvalue weighted by molar-refractivity contribution is 6.62. The van der Waals surface area contributed by atoms with Crippen molar-refractivity contribution in [3.05, 3.63) is 92.7 Å². The fourth-order valence-electron chi connectivity index (χ4n) is 5.95. The molecule has 1 saturated heterocycles. The van der Waals surface area contributed by atoms with Crippen LogP contribution >= 0.6 is 0 Å². The lowest BCUT2D eigenvalue weighted by atomic mass is 9.77. The summed E-state index contributed by atoms with van der Waals surface area (Å²) in [6.45, 7) is 8.53. The lowest BCUT2D eigenvalue weighted by Crippen LogP contribution is -2.41. The Balaban J connectivity index is 1.23. The summed E-state index contributed by atoms with van der Waals surface area (Å²) in [4.78, 5) is 36.1. The maximum absolute atomic E-state index is 13.4. The second-order valence-electron chi connectivity index (χ2n) is 12.9. The van der Waals surface area contributed by atoms with E-state index in [1.54, 1.807) is 4.90 Å². The first-order valence-electron chi connectivity index (χ1n) is 14.7. The summed E-state index contributed by atoms with van der Waals surface area (Å²) >= 11 is 0. The quantitative estimate of drug-likeness (QED) is 0.435. The molecule has 1 aliphatic carbocycles. The number of carbonyl (C=O) groups excluding carboxylic acids is 1. The topological polar surface area (TPSA) is 84.5 Å². The predicted octanol–water partition coefficient (Wildman–Crippen LogP) is 4.69. The zero-order chi connectivity index (χ0) is 30.8. The molecule has 6 rings (SSSR count). The van der Waals surface area contributed by atoms with Gasteiger partial charge < -0.3 is 19.2 Å². The zero-order valence-corrected chi connectivity index (χ0v) is 24.8. The Morgan fingerprint density at radius 2 is 1.74 bits per heavy atom. The van der Waals surface area contributed by atoms with Crippen molar-refractivity contribution in [1.82, 2.24) is 14.9 Å². The van der Waals surface area contributed by atoms with Crippen LogP contribution in [0, 0.1) is 0 Å². The maximum atomic E-state index is 13.4. The molecule has 1 N–H and O–H groups in total. The third kappa shape index (κ3) is 5.53. The molecular weight excluding hydrogens is 558 g/mol. The first kappa shape index (κ1) is 29.6. The van der Waals surface area contributed by atoms with Gasteiger partial charge in [-0.3, -0.25) is 9.59 Å². The SMILES string of the molecule is CC1(C)OB(c2cccc(C3(c4nc5c(c(=O)[nH]4)CN(C(=O)Cc4cccc(C(F)(F)F)c4)CCC5)CC3)c2)OC1(C)C. The number of alkyl halides is 3. The van der Waals surface area contributed by atoms with Crippen molar-refractivity contribution in [3.8, 4) is 0 Å². The van der Waals surface area contributed by atoms with Gasteiger partial charge in [-0.05, 0) is 76.0 Å². The fourth-order valence-corrected chi connectivity index (χ4v) is 5.95. The first-order chi connectivity index (χ1) is 20.2. The van der Waals surface area contributed by atoms with Crippen LogP contribution in [-0.2, 0) is 45.1 Å². The van der Waals surface area contributed by atoms with E-state index in [2.05, 4.69) is 11.1 Å². The Labute approximate surface area is 249 Å². The molecule has 3 heterocycles. The van der Waals surface area contributed by atoms with Crippen LogP contribution < -0.4 is 11.0 Å². The average Bonchev–Trinajstić information content (AvgIpc) is 3.73. The number of nitrogens with one attached hydrogen (secondary N) is 1. The van der Waals surface area contributed by atoms with Crippen LogP contribution in [0.15, 0.2) is 53.3 Å². The Bertz CT molecular complexity index is 1610. The standard InChI is InChI=1S/C32H35BF3N3O4/c1-29(2)30(3,4)43-33(42-29)23-11-6-9-21(18-23)31(13-14-31)28-37-25-12-7-15-39(19-24(25)27(41)38-28)26(40)17-20-8-5-10-22(16-20)32(34,35)36/h5-6,8-11,16,18H,7,12-15,17,19H2,1-4H3,(H,37,38,41). The minimum Gasteiger partial charge on any atom is -0.399 e. The van der Waals surface area contributed by atoms with Gasteiger partial charge >= 0.3 is 13.3 Å². The molecule has 2 aliphatic heterocycles. The molecule has 0 spiro atoms. The molecule has 1 aromatic heterocycles. The summed E-state index contributed by atoms with van der Waals surface area (Å²) in [5.74, 6) is 0.292. The van der Waals surface area contributed by atoms with E-state index < -0.39 is 35.5 Å². The molecule has 11 heteroatoms. The fraction of sp³-hybridized carbons (Fsp3) is 0.469. The highest BCUT2D eigenvalue weighted by atomic mass is 19.4. The number of aryl methyl sites for hydroxylation is 1. The van der Waals surface area contributed by atoms with Crippen LogP contribution in [-0.4, -0.2) is 45.6 Å². The van der Waals surface area contributed by atoms with Gasteiger partial charge in [-0.15, -0.1) is 0 Å². The van der Waals surface area contributed by atoms with E-state index in [1.165, 1.54) is 12.1 Å². The van der Waals surface area contributed by atoms with Crippen molar-refractivity contribution in [2.75, 3.05) is 6.54 Å². The number of fused-ring (bicyclic) bond motifs is 1. The molecule has 226 valence electrons. The van der Waals surface area contributed by atoms with Crippen LogP contribution in [0.2, 0.25) is 0 Å². The van der Waals surface area contributed by atoms with Crippen molar-refractivity contribution in [2.24, 2.45) is 0 Å². The van der Waals surface area contributed by atoms with E-state index in [1.807, 2.05) is 45.9 Å². The molecule has 0 unspecified atom stereocenters. The summed E-state index contributed by atoms with van der Waals surface area (Å²) in [6, 6.07) is 12.9. The van der Waals surface area contributed by atoms with Crippen LogP contribution in [0.25, 0.3) is 0 Å². The summed E-state index contributed by atoms with van der Waals surface area (Å²) in [5.41, 5.74) is 0.915. The highest BCUT2D eigenvalue weighted by Gasteiger charge is 2.53. The number of carbonyl (C=O) groups is 1. The van der Waals surface area contributed by atoms with Crippen molar-refractivity contribution >= 4 is 18.5 Å². The van der Waals surface area contributed by atoms with Gasteiger partial charge in [0.15, 0.2) is 0 Å². The van der Waals surface area contributed by atoms with Crippen molar-refractivity contribution in [3.63, 3.8) is 0 Å². The molecule has 2 fully saturated rings. The lowest BCUT2D eigenvalue weighted by Gasteiger charge is -2.32. The normalized spacial score (nSPS) is 20.4. The summed E-state index contributed by atoms with van der Waals surface area (Å²) < 4.78 is 52.0. The Kier molecular flexibility index (Phi) is 7.12. The molecular formula is C32H35BF3N3O4. The van der Waals surface area contributed by atoms with Gasteiger partial charge in [0, 0.05) is 6.54 Å². The minimum atomic E-state index is -4.48. The highest BCUT2D eigenvalue weighted by Crippen LogP contribution is 2.52. The number of amides is 1. The largest absolute Gasteiger partial charge is 0.494 e. The number of hydrogen-bond donors (Lipinski definition) is 1. The first-order valence-corrected chi connectivity index (χ1v) is 14.7. The van der Waals surface area contributed by atoms with Crippen molar-refractivity contribution < 1.29 is 27.3 Å². The summed E-state index contributed by atoms with van der Waals surface area (Å²) in [7, 11) is -0.501. The third-order valence-electron chi connectivity index (χ3n) is 9.42. The molecule has 1 amide bonds. The summed E-state index contributed by atoms with van der Waals surface area (Å²) in [6.07, 6.45) is -1.86. The Morgan fingerprint density at radius 3 is 2.42 bits per heavy atom. The van der Waals surface area contributed by atoms with Crippen LogP contribution in [0.1, 0.15) is 80.7 Å². The zero-order valence-electron chi connectivity index (χ0n) is 24.8. The number of nitrogens with zero attached hydrogens (tertiary/aromatic N) is 2. The molecule has 3 aromatic rings. The molecule has 43 heavy (non-hydrogen) atoms. The van der Waals surface area contributed by atoms with Gasteiger partial charge in [-0.25, -0.2) is 4.98 Å². The number of benzene rings is 2. The molecule has 0 atom stereocenters. The van der Waals surface area contributed by atoms with Gasteiger partial charge in [-0.1, -0.05) is 42.5 Å². The number of hydrogen-bond acceptors (Lipinski definition) is 5. The average molecular weight is 593 g/mol. The summed E-state index contributed by atoms with van der Waals surface area (Å²) in [5, 5.41) is 0. The van der Waals surface area contributed by atoms with Gasteiger partial charge in [-0.2, -0.15) is 13.2 Å². The number of rotatable bonds is 5. The predicted molar refractivity (Wildman–Crippen MR) is 156 cm³/mol. The Morgan fingerprint density at radius 1 is 1.05 bits per heavy atom. The van der Waals surface area contributed by atoms with Gasteiger partial charge in [0.2, 0.25) is 5.91 Å². The van der Waals surface area contributed by atoms with E-state index in [0.29, 0.717) is 36.5 Å². The van der Waals surface area contributed by atoms with E-state index in [9.17, 15) is 22.8 Å². The van der Waals surface area contributed by atoms with Crippen LogP contribution in [0.4, 0.5) is 13.2 Å². The van der Waals surface area contributed by atoms with E-state index in [-0.39, 0.29) is 30.0 Å². The van der Waals surface area contributed by atoms with E-state index in [4.69, 9.17) is 14.3 Å². The van der Waals surface area contributed by atoms with E-state index >= 15 is 0 Å². The molecule has 0 bridgehead atoms. The lowest BCUT2D eigenvalue weighted by molar-refractivity contribution is -0.138. The van der Waals surface area contributed by atoms with E-state index in [0.717, 1.165) is 36.0 Å². The molecule has 2 aromatic carbocycles. The molecule has 3 aliphatic rings. The second kappa shape index (κ2) is 10.3. The van der Waals surface area contributed by atoms with Crippen molar-refractivity contribution in [2.45, 2.75) is 89.1 Å². The van der Waals surface area contributed by atoms with Crippen molar-refractivity contribution in [1.29, 1.82) is 0 Å². The van der Waals surface area contributed by atoms with Crippen LogP contribution in [0.3, 0.4) is 0 Å². The monoisotopic (exact) mass is 593 g/mol. The number of aromatic amines is 1. The molecule has 1 saturated carbocycles. The molecule has 0 radical (unpaired) electrons. The molecule has 7 nitrogen and oxygen atoms in total. The Hall–Kier alpha value is -3.44. The number of H-pyrrole nitrogens is 1. The number of aromatic nitrogens is 2. The van der Waals surface area contributed by atoms with Gasteiger partial charge in [0.1, 0.15) is 5.82 Å². The smallest absolute Gasteiger partial charge is 0.399 e. The number of halogens is 3. The third-order valence-corrected chi connectivity index (χ3v) is 9.42. The second-order valence-corrected chi connectivity index (χ2v) is 12.9. The van der Waals surface area contributed by atoms with Gasteiger partial charge in [0.05, 0.1) is 46.4 Å². The van der Waals surface area contributed by atoms with Gasteiger partial charge in [0.25, 0.3) is 5.56 Å². The maximum Gasteiger partial charge on any atom is 0.494 e. The van der Waals surface area contributed by atoms with Crippen LogP contribution in [0.5, 0.6) is 0 Å². The minimum absolute atomic E-state index is 0.0696.